The van der Waals surface area contributed by atoms with Gasteiger partial charge in [-0.25, -0.2) is 19.6 Å². The number of carbonyl (C=O) groups excluding carboxylic acids is 3. The first kappa shape index (κ1) is 23.0. The van der Waals surface area contributed by atoms with Crippen LogP contribution in [0.25, 0.3) is 0 Å². The third-order valence-corrected chi connectivity index (χ3v) is 3.30. The normalized spacial score (nSPS) is 10.6. The van der Waals surface area contributed by atoms with Crippen LogP contribution in [0.3, 0.4) is 0 Å². The van der Waals surface area contributed by atoms with Crippen molar-refractivity contribution in [2.24, 2.45) is 0 Å². The van der Waals surface area contributed by atoms with Gasteiger partial charge in [-0.15, -0.1) is 6.58 Å². The fraction of sp³-hybridized carbons (Fsp3) is 0.450. The van der Waals surface area contributed by atoms with Crippen LogP contribution in [-0.2, 0) is 20.8 Å². The minimum absolute atomic E-state index is 0.000723. The SMILES string of the molecule is C=CCN(C(=O)NCc1ccccc1)N(CC(=O)OCC)C(=O)OC(C)(C)C. The first-order valence-electron chi connectivity index (χ1n) is 9.04. The van der Waals surface area contributed by atoms with E-state index in [1.54, 1.807) is 27.7 Å². The molecule has 0 atom stereocenters. The molecule has 0 fully saturated rings. The number of benzene rings is 1. The predicted molar refractivity (Wildman–Crippen MR) is 105 cm³/mol. The molecule has 3 amide bonds. The Kier molecular flexibility index (Phi) is 9.01. The molecule has 0 saturated heterocycles. The standard InChI is InChI=1S/C20H29N3O5/c1-6-13-22(18(25)21-14-16-11-9-8-10-12-16)23(15-17(24)27-7-2)19(26)28-20(3,4)5/h6,8-12H,1,7,13-15H2,2-5H3,(H,21,25). The second kappa shape index (κ2) is 11.0. The van der Waals surface area contributed by atoms with Crippen molar-refractivity contribution in [1.82, 2.24) is 15.3 Å². The lowest BCUT2D eigenvalue weighted by Crippen LogP contribution is -2.56. The van der Waals surface area contributed by atoms with Crippen molar-refractivity contribution in [3.8, 4) is 0 Å². The van der Waals surface area contributed by atoms with Crippen LogP contribution in [-0.4, -0.2) is 53.4 Å². The van der Waals surface area contributed by atoms with E-state index in [1.165, 1.54) is 6.08 Å². The molecule has 1 aromatic carbocycles. The van der Waals surface area contributed by atoms with Crippen molar-refractivity contribution in [2.75, 3.05) is 19.7 Å². The van der Waals surface area contributed by atoms with Crippen LogP contribution in [0, 0.1) is 0 Å². The van der Waals surface area contributed by atoms with Crippen LogP contribution >= 0.6 is 0 Å². The summed E-state index contributed by atoms with van der Waals surface area (Å²) in [6.07, 6.45) is 0.613. The van der Waals surface area contributed by atoms with Crippen LogP contribution in [0.15, 0.2) is 43.0 Å². The molecule has 0 bridgehead atoms. The minimum atomic E-state index is -0.836. The lowest BCUT2D eigenvalue weighted by Gasteiger charge is -2.34. The Bertz CT molecular complexity index is 670. The Labute approximate surface area is 166 Å². The van der Waals surface area contributed by atoms with Gasteiger partial charge in [0.1, 0.15) is 12.1 Å². The largest absolute Gasteiger partial charge is 0.465 e. The Morgan fingerprint density at radius 2 is 1.79 bits per heavy atom. The monoisotopic (exact) mass is 391 g/mol. The van der Waals surface area contributed by atoms with E-state index < -0.39 is 30.2 Å². The van der Waals surface area contributed by atoms with E-state index in [4.69, 9.17) is 9.47 Å². The fourth-order valence-corrected chi connectivity index (χ4v) is 2.17. The van der Waals surface area contributed by atoms with E-state index in [9.17, 15) is 14.4 Å². The van der Waals surface area contributed by atoms with Gasteiger partial charge in [0.15, 0.2) is 0 Å². The predicted octanol–water partition coefficient (Wildman–Crippen LogP) is 3.10. The molecule has 0 radical (unpaired) electrons. The number of amides is 3. The Hall–Kier alpha value is -3.03. The van der Waals surface area contributed by atoms with Crippen LogP contribution in [0.4, 0.5) is 9.59 Å². The number of hydrogen-bond donors (Lipinski definition) is 1. The quantitative estimate of drug-likeness (QED) is 0.438. The number of nitrogens with one attached hydrogen (secondary N) is 1. The summed E-state index contributed by atoms with van der Waals surface area (Å²) in [5.41, 5.74) is 0.0910. The van der Waals surface area contributed by atoms with Crippen molar-refractivity contribution in [3.05, 3.63) is 48.6 Å². The lowest BCUT2D eigenvalue weighted by molar-refractivity contribution is -0.147. The lowest BCUT2D eigenvalue weighted by atomic mass is 10.2. The molecule has 1 N–H and O–H groups in total. The summed E-state index contributed by atoms with van der Waals surface area (Å²) in [4.78, 5) is 37.3. The van der Waals surface area contributed by atoms with E-state index in [1.807, 2.05) is 30.3 Å². The summed E-state index contributed by atoms with van der Waals surface area (Å²) < 4.78 is 10.3. The number of nitrogens with zero attached hydrogens (tertiary/aromatic N) is 2. The fourth-order valence-electron chi connectivity index (χ4n) is 2.17. The molecule has 0 spiro atoms. The van der Waals surface area contributed by atoms with Crippen molar-refractivity contribution in [2.45, 2.75) is 39.8 Å². The maximum atomic E-state index is 12.7. The molecule has 154 valence electrons. The van der Waals surface area contributed by atoms with Crippen LogP contribution in [0.5, 0.6) is 0 Å². The molecule has 0 aliphatic rings. The molecule has 0 aliphatic heterocycles. The Balaban J connectivity index is 2.99. The highest BCUT2D eigenvalue weighted by Crippen LogP contribution is 2.13. The van der Waals surface area contributed by atoms with Gasteiger partial charge in [0.25, 0.3) is 0 Å². The van der Waals surface area contributed by atoms with Gasteiger partial charge in [-0.2, -0.15) is 0 Å². The van der Waals surface area contributed by atoms with E-state index in [0.29, 0.717) is 0 Å². The number of hydrogen-bond acceptors (Lipinski definition) is 5. The highest BCUT2D eigenvalue weighted by atomic mass is 16.6. The van der Waals surface area contributed by atoms with Crippen molar-refractivity contribution in [1.29, 1.82) is 0 Å². The van der Waals surface area contributed by atoms with Gasteiger partial charge < -0.3 is 14.8 Å². The van der Waals surface area contributed by atoms with E-state index in [-0.39, 0.29) is 19.7 Å². The van der Waals surface area contributed by atoms with E-state index >= 15 is 0 Å². The minimum Gasteiger partial charge on any atom is -0.465 e. The molecule has 8 heteroatoms. The van der Waals surface area contributed by atoms with Gasteiger partial charge in [-0.3, -0.25) is 4.79 Å². The highest BCUT2D eigenvalue weighted by molar-refractivity contribution is 5.82. The first-order chi connectivity index (χ1) is 13.2. The van der Waals surface area contributed by atoms with Crippen LogP contribution in [0.1, 0.15) is 33.3 Å². The van der Waals surface area contributed by atoms with Gasteiger partial charge in [0, 0.05) is 6.54 Å². The Morgan fingerprint density at radius 3 is 2.32 bits per heavy atom. The molecule has 0 saturated carbocycles. The molecule has 28 heavy (non-hydrogen) atoms. The summed E-state index contributed by atoms with van der Waals surface area (Å²) >= 11 is 0. The van der Waals surface area contributed by atoms with Crippen LogP contribution < -0.4 is 5.32 Å². The number of rotatable bonds is 7. The molecule has 8 nitrogen and oxygen atoms in total. The number of urea groups is 1. The van der Waals surface area contributed by atoms with Gasteiger partial charge in [-0.1, -0.05) is 36.4 Å². The van der Waals surface area contributed by atoms with Gasteiger partial charge in [0.2, 0.25) is 0 Å². The zero-order valence-electron chi connectivity index (χ0n) is 16.9. The van der Waals surface area contributed by atoms with Crippen molar-refractivity contribution < 1.29 is 23.9 Å². The summed E-state index contributed by atoms with van der Waals surface area (Å²) in [6, 6.07) is 8.75. The molecular formula is C20H29N3O5. The van der Waals surface area contributed by atoms with Gasteiger partial charge in [-0.05, 0) is 33.3 Å². The molecule has 1 aromatic rings. The smallest absolute Gasteiger partial charge is 0.430 e. The summed E-state index contributed by atoms with van der Waals surface area (Å²) in [5.74, 6) is -0.654. The second-order valence-corrected chi connectivity index (χ2v) is 6.86. The van der Waals surface area contributed by atoms with E-state index in [0.717, 1.165) is 15.6 Å². The maximum Gasteiger partial charge on any atom is 0.430 e. The Morgan fingerprint density at radius 1 is 1.14 bits per heavy atom. The molecule has 0 aromatic heterocycles. The highest BCUT2D eigenvalue weighted by Gasteiger charge is 2.31. The van der Waals surface area contributed by atoms with Crippen LogP contribution in [0.2, 0.25) is 0 Å². The average molecular weight is 391 g/mol. The number of ether oxygens (including phenoxy) is 2. The summed E-state index contributed by atoms with van der Waals surface area (Å²) in [6.45, 7) is 10.3. The third kappa shape index (κ3) is 8.11. The van der Waals surface area contributed by atoms with E-state index in [2.05, 4.69) is 11.9 Å². The average Bonchev–Trinajstić information content (AvgIpc) is 2.62. The third-order valence-electron chi connectivity index (χ3n) is 3.30. The topological polar surface area (TPSA) is 88.2 Å². The number of carbonyl (C=O) groups is 3. The number of esters is 1. The molecular weight excluding hydrogens is 362 g/mol. The molecule has 1 rings (SSSR count). The maximum absolute atomic E-state index is 12.7. The molecule has 0 unspecified atom stereocenters. The second-order valence-electron chi connectivity index (χ2n) is 6.86. The molecule has 0 heterocycles. The summed E-state index contributed by atoms with van der Waals surface area (Å²) in [7, 11) is 0. The molecule has 0 aliphatic carbocycles. The summed E-state index contributed by atoms with van der Waals surface area (Å²) in [5, 5.41) is 4.72. The number of hydrazine groups is 1. The van der Waals surface area contributed by atoms with Gasteiger partial charge >= 0.3 is 18.1 Å². The van der Waals surface area contributed by atoms with Crippen molar-refractivity contribution in [3.63, 3.8) is 0 Å². The zero-order valence-corrected chi connectivity index (χ0v) is 16.9. The first-order valence-corrected chi connectivity index (χ1v) is 9.04. The zero-order chi connectivity index (χ0) is 21.2. The van der Waals surface area contributed by atoms with Gasteiger partial charge in [0.05, 0.1) is 13.2 Å². The van der Waals surface area contributed by atoms with Crippen molar-refractivity contribution >= 4 is 18.1 Å².